The van der Waals surface area contributed by atoms with Crippen LogP contribution in [0.4, 0.5) is 5.69 Å². The van der Waals surface area contributed by atoms with Gasteiger partial charge >= 0.3 is 0 Å². The van der Waals surface area contributed by atoms with Gasteiger partial charge in [-0.05, 0) is 199 Å². The van der Waals surface area contributed by atoms with E-state index in [1.54, 1.807) is 61.7 Å². The number of aliphatic hydroxyl groups is 10. The molecule has 23 heteroatoms. The molecule has 0 spiro atoms. The molecule has 2 amide bonds. The molecule has 0 aliphatic heterocycles. The number of anilines is 1. The van der Waals surface area contributed by atoms with E-state index in [1.807, 2.05) is 60.7 Å². The van der Waals surface area contributed by atoms with Gasteiger partial charge in [-0.25, -0.2) is 0 Å². The highest BCUT2D eigenvalue weighted by Crippen LogP contribution is 2.38. The molecule has 0 radical (unpaired) electrons. The van der Waals surface area contributed by atoms with E-state index in [1.165, 1.54) is 0 Å². The Bertz CT molecular complexity index is 3060. The fourth-order valence-corrected chi connectivity index (χ4v) is 12.2. The summed E-state index contributed by atoms with van der Waals surface area (Å²) < 4.78 is 5.51. The van der Waals surface area contributed by atoms with Crippen molar-refractivity contribution in [3.05, 3.63) is 178 Å². The van der Waals surface area contributed by atoms with Gasteiger partial charge < -0.3 is 77.9 Å². The van der Waals surface area contributed by atoms with Crippen LogP contribution in [0.2, 0.25) is 0 Å². The summed E-state index contributed by atoms with van der Waals surface area (Å²) in [6.07, 6.45) is -3.24. The number of azide groups is 1. The fourth-order valence-electron chi connectivity index (χ4n) is 12.2. The second kappa shape index (κ2) is 44.9. The Balaban J connectivity index is 1.07. The Hall–Kier alpha value is -7.03. The van der Waals surface area contributed by atoms with Crippen LogP contribution in [0.25, 0.3) is 10.4 Å². The minimum atomic E-state index is -1.50. The first kappa shape index (κ1) is 81.6. The third-order valence-corrected chi connectivity index (χ3v) is 18.3. The van der Waals surface area contributed by atoms with E-state index in [0.29, 0.717) is 93.3 Å². The molecule has 11 unspecified atom stereocenters. The van der Waals surface area contributed by atoms with Gasteiger partial charge in [-0.1, -0.05) is 120 Å². The number of nitrogens with zero attached hydrogens (tertiary/aromatic N) is 3. The number of benzene rings is 5. The second-order valence-electron chi connectivity index (χ2n) is 26.1. The van der Waals surface area contributed by atoms with E-state index in [0.717, 1.165) is 16.7 Å². The number of nitrogens with two attached hydrogens (primary N) is 2. The molecule has 23 nitrogen and oxygen atoms in total. The van der Waals surface area contributed by atoms with Crippen LogP contribution in [-0.4, -0.2) is 168 Å². The monoisotopic (exact) mass is 1360 g/mol. The highest BCUT2D eigenvalue weighted by molar-refractivity contribution is 5.99. The van der Waals surface area contributed by atoms with Crippen molar-refractivity contribution in [1.29, 1.82) is 0 Å². The van der Waals surface area contributed by atoms with Gasteiger partial charge in [-0.2, -0.15) is 0 Å². The van der Waals surface area contributed by atoms with Gasteiger partial charge in [0, 0.05) is 30.0 Å². The van der Waals surface area contributed by atoms with E-state index >= 15 is 0 Å². The Morgan fingerprint density at radius 2 is 0.908 bits per heavy atom. The minimum absolute atomic E-state index is 0.000849. The molecule has 13 atom stereocenters. The standard InChI is InChI=1S/C75H108N8O15/c1-98-66-41-22-55(23-42-66)75(53-15-7-3-8-16-53,54-17-9-4-10-18-54)79-45-12-11-19-69(74(97)81-56-24-20-52(50-84)21-25-56)82-73(96)67(47-51-13-5-2-6-14-51)72(77)71(95)49-65(93)48-70(94)68(76)43-40-63(91)37-36-61(89)33-32-59(87)29-28-57(85)26-27-58(86)30-31-60(88)34-35-62(90)38-39-64(92)44-46-80-83-78/h2-10,13-18,20-25,41-42,57-65,67-69,72,79,84-93H,11-12,19,26-40,43-50,76-77H2,1H3,(H,81,97)(H,82,96)/t57?,58?,59?,60?,61?,62?,63?,64-,65-,67?,68?,69?,72?/m0/s1. The number of aliphatic hydroxyl groups excluding tert-OH is 10. The third kappa shape index (κ3) is 29.4. The van der Waals surface area contributed by atoms with E-state index in [4.69, 9.17) is 21.7 Å². The minimum Gasteiger partial charge on any atom is -0.497 e. The van der Waals surface area contributed by atoms with Gasteiger partial charge in [0.05, 0.1) is 92.2 Å². The number of ether oxygens (including phenoxy) is 1. The molecule has 17 N–H and O–H groups in total. The van der Waals surface area contributed by atoms with Crippen LogP contribution in [-0.2, 0) is 37.7 Å². The molecule has 0 heterocycles. The van der Waals surface area contributed by atoms with E-state index < -0.39 is 121 Å². The van der Waals surface area contributed by atoms with Gasteiger partial charge in [-0.3, -0.25) is 24.5 Å². The maximum atomic E-state index is 14.7. The summed E-state index contributed by atoms with van der Waals surface area (Å²) in [6.45, 7) is 0.459. The molecule has 0 saturated carbocycles. The number of nitrogens with one attached hydrogen (secondary N) is 3. The van der Waals surface area contributed by atoms with Crippen molar-refractivity contribution in [2.45, 2.75) is 233 Å². The SMILES string of the molecule is COc1ccc(C(NCCCCC(NC(=O)C(Cc2ccccc2)C(N)C(=O)C[C@@H](O)CC(=O)C(N)CCC(O)CCC(O)CCC(O)CCC(O)CCC(O)CCC(O)CCC(O)CC[C@H](O)CCN=[N+]=[N-])C(=O)Nc2ccc(CO)cc2)(c2ccccc2)c2ccccc2)cc1. The van der Waals surface area contributed by atoms with Gasteiger partial charge in [0.2, 0.25) is 11.8 Å². The highest BCUT2D eigenvalue weighted by atomic mass is 16.5. The maximum absolute atomic E-state index is 14.7. The number of carbonyl (C=O) groups is 4. The molecule has 5 rings (SSSR count). The Morgan fingerprint density at radius 3 is 1.35 bits per heavy atom. The smallest absolute Gasteiger partial charge is 0.246 e. The molecule has 98 heavy (non-hydrogen) atoms. The Morgan fingerprint density at radius 1 is 0.490 bits per heavy atom. The zero-order valence-corrected chi connectivity index (χ0v) is 56.7. The van der Waals surface area contributed by atoms with Crippen molar-refractivity contribution in [1.82, 2.24) is 10.6 Å². The summed E-state index contributed by atoms with van der Waals surface area (Å²) in [4.78, 5) is 59.0. The average Bonchev–Trinajstić information content (AvgIpc) is 0.760. The number of carbonyl (C=O) groups excluding carboxylic acids is 4. The van der Waals surface area contributed by atoms with Crippen molar-refractivity contribution in [2.75, 3.05) is 25.5 Å². The number of ketones is 2. The number of rotatable bonds is 51. The molecular formula is C75H108N8O15. The zero-order valence-electron chi connectivity index (χ0n) is 56.7. The molecular weight excluding hydrogens is 1250 g/mol. The highest BCUT2D eigenvalue weighted by Gasteiger charge is 2.37. The molecule has 0 saturated heterocycles. The first-order chi connectivity index (χ1) is 47.1. The van der Waals surface area contributed by atoms with Crippen LogP contribution < -0.4 is 32.2 Å². The first-order valence-electron chi connectivity index (χ1n) is 34.7. The summed E-state index contributed by atoms with van der Waals surface area (Å²) >= 11 is 0. The van der Waals surface area contributed by atoms with Crippen molar-refractivity contribution >= 4 is 29.1 Å². The number of unbranched alkanes of at least 4 members (excludes halogenated alkanes) is 1. The van der Waals surface area contributed by atoms with Crippen LogP contribution in [0, 0.1) is 5.92 Å². The number of hydrogen-bond acceptors (Lipinski definition) is 19. The summed E-state index contributed by atoms with van der Waals surface area (Å²) in [6, 6.07) is 40.0. The predicted molar refractivity (Wildman–Crippen MR) is 376 cm³/mol. The van der Waals surface area contributed by atoms with Crippen molar-refractivity contribution in [3.8, 4) is 5.75 Å². The molecule has 5 aromatic carbocycles. The van der Waals surface area contributed by atoms with Gasteiger partial charge in [-0.15, -0.1) is 0 Å². The van der Waals surface area contributed by atoms with E-state index in [2.05, 4.69) is 50.2 Å². The lowest BCUT2D eigenvalue weighted by atomic mass is 9.77. The predicted octanol–water partition coefficient (Wildman–Crippen LogP) is 6.98. The van der Waals surface area contributed by atoms with Gasteiger partial charge in [0.25, 0.3) is 0 Å². The van der Waals surface area contributed by atoms with Crippen LogP contribution >= 0.6 is 0 Å². The first-order valence-corrected chi connectivity index (χ1v) is 34.7. The van der Waals surface area contributed by atoms with Crippen LogP contribution in [0.15, 0.2) is 145 Å². The number of hydrogen-bond donors (Lipinski definition) is 15. The van der Waals surface area contributed by atoms with Gasteiger partial charge in [0.15, 0.2) is 11.6 Å². The fraction of sp³-hybridized carbons (Fsp3) is 0.547. The van der Waals surface area contributed by atoms with Gasteiger partial charge in [0.1, 0.15) is 11.8 Å². The number of methoxy groups -OCH3 is 1. The molecule has 538 valence electrons. The number of amides is 2. The zero-order chi connectivity index (χ0) is 71.2. The van der Waals surface area contributed by atoms with Crippen molar-refractivity contribution < 1.29 is 75.0 Å². The van der Waals surface area contributed by atoms with E-state index in [-0.39, 0.29) is 83.8 Å². The summed E-state index contributed by atoms with van der Waals surface area (Å²) in [5.74, 6) is -2.95. The summed E-state index contributed by atoms with van der Waals surface area (Å²) in [7, 11) is 1.62. The Labute approximate surface area is 576 Å². The summed E-state index contributed by atoms with van der Waals surface area (Å²) in [5.41, 5.74) is 25.2. The average molecular weight is 1360 g/mol. The lowest BCUT2D eigenvalue weighted by Gasteiger charge is -2.37. The lowest BCUT2D eigenvalue weighted by Crippen LogP contribution is -2.52. The van der Waals surface area contributed by atoms with Crippen LogP contribution in [0.5, 0.6) is 5.75 Å². The topological polar surface area (TPSA) is 417 Å². The number of Topliss-reactive ketones (excluding diaryl/α,β-unsaturated/α-hetero) is 2. The molecule has 5 aromatic rings. The van der Waals surface area contributed by atoms with Crippen molar-refractivity contribution in [2.24, 2.45) is 22.5 Å². The molecule has 0 fully saturated rings. The van der Waals surface area contributed by atoms with Crippen LogP contribution in [0.3, 0.4) is 0 Å². The Kier molecular flexibility index (Phi) is 37.4. The second-order valence-corrected chi connectivity index (χ2v) is 26.1. The maximum Gasteiger partial charge on any atom is 0.246 e. The molecule has 0 aliphatic rings. The van der Waals surface area contributed by atoms with E-state index in [9.17, 15) is 70.2 Å². The lowest BCUT2D eigenvalue weighted by molar-refractivity contribution is -0.133. The molecule has 0 aromatic heterocycles. The molecule has 0 bridgehead atoms. The van der Waals surface area contributed by atoms with Crippen LogP contribution in [0.1, 0.15) is 169 Å². The largest absolute Gasteiger partial charge is 0.497 e. The quantitative estimate of drug-likeness (QED) is 0.00613. The van der Waals surface area contributed by atoms with Crippen molar-refractivity contribution in [3.63, 3.8) is 0 Å². The summed E-state index contributed by atoms with van der Waals surface area (Å²) in [5, 5.41) is 117. The third-order valence-electron chi connectivity index (χ3n) is 18.3. The normalized spacial score (nSPS) is 15.7. The molecule has 0 aliphatic carbocycles.